The van der Waals surface area contributed by atoms with Gasteiger partial charge in [0.1, 0.15) is 5.75 Å². The van der Waals surface area contributed by atoms with Gasteiger partial charge in [-0.2, -0.15) is 0 Å². The molecule has 7 nitrogen and oxygen atoms in total. The van der Waals surface area contributed by atoms with Crippen LogP contribution in [0, 0.1) is 0 Å². The van der Waals surface area contributed by atoms with E-state index in [4.69, 9.17) is 9.47 Å². The van der Waals surface area contributed by atoms with E-state index < -0.39 is 5.97 Å². The fraction of sp³-hybridized carbons (Fsp3) is 0.250. The molecule has 0 aliphatic carbocycles. The summed E-state index contributed by atoms with van der Waals surface area (Å²) in [6.07, 6.45) is 0. The second-order valence-electron chi connectivity index (χ2n) is 5.63. The van der Waals surface area contributed by atoms with Crippen molar-refractivity contribution in [2.75, 3.05) is 31.7 Å². The highest BCUT2D eigenvalue weighted by molar-refractivity contribution is 6.01. The molecule has 0 bridgehead atoms. The summed E-state index contributed by atoms with van der Waals surface area (Å²) < 4.78 is 10.1. The number of esters is 1. The fourth-order valence-corrected chi connectivity index (χ4v) is 2.46. The summed E-state index contributed by atoms with van der Waals surface area (Å²) in [6, 6.07) is 15.7. The van der Waals surface area contributed by atoms with Crippen LogP contribution in [0.15, 0.2) is 54.6 Å². The molecule has 0 saturated carbocycles. The molecule has 0 aromatic heterocycles. The van der Waals surface area contributed by atoms with Gasteiger partial charge in [-0.25, -0.2) is 4.79 Å². The van der Waals surface area contributed by atoms with Crippen molar-refractivity contribution in [3.8, 4) is 5.75 Å². The molecule has 27 heavy (non-hydrogen) atoms. The molecule has 0 saturated heterocycles. The minimum atomic E-state index is -0.530. The van der Waals surface area contributed by atoms with Gasteiger partial charge in [-0.15, -0.1) is 0 Å². The van der Waals surface area contributed by atoms with Gasteiger partial charge in [0.05, 0.1) is 18.4 Å². The van der Waals surface area contributed by atoms with Crippen LogP contribution in [0.3, 0.4) is 0 Å². The predicted octanol–water partition coefficient (Wildman–Crippen LogP) is 2.02. The Morgan fingerprint density at radius 3 is 2.33 bits per heavy atom. The predicted molar refractivity (Wildman–Crippen MR) is 101 cm³/mol. The number of carbonyl (C=O) groups excluding carboxylic acids is 3. The monoisotopic (exact) mass is 370 g/mol. The molecule has 2 aromatic carbocycles. The zero-order valence-corrected chi connectivity index (χ0v) is 15.3. The Morgan fingerprint density at radius 2 is 1.67 bits per heavy atom. The van der Waals surface area contributed by atoms with E-state index in [9.17, 15) is 14.4 Å². The Hall–Kier alpha value is -3.35. The van der Waals surface area contributed by atoms with Crippen LogP contribution >= 0.6 is 0 Å². The van der Waals surface area contributed by atoms with Crippen molar-refractivity contribution in [1.29, 1.82) is 0 Å². The highest BCUT2D eigenvalue weighted by atomic mass is 16.5. The van der Waals surface area contributed by atoms with Crippen molar-refractivity contribution in [3.63, 3.8) is 0 Å². The Balaban J connectivity index is 1.93. The molecule has 142 valence electrons. The number of nitrogens with one attached hydrogen (secondary N) is 1. The van der Waals surface area contributed by atoms with Gasteiger partial charge < -0.3 is 19.7 Å². The molecular weight excluding hydrogens is 348 g/mol. The first-order chi connectivity index (χ1) is 13.0. The van der Waals surface area contributed by atoms with E-state index in [1.165, 1.54) is 18.9 Å². The van der Waals surface area contributed by atoms with E-state index >= 15 is 0 Å². The number of hydrogen-bond acceptors (Lipinski definition) is 5. The molecule has 7 heteroatoms. The largest absolute Gasteiger partial charge is 0.484 e. The molecule has 0 aliphatic heterocycles. The quantitative estimate of drug-likeness (QED) is 0.719. The van der Waals surface area contributed by atoms with Gasteiger partial charge in [0.2, 0.25) is 5.91 Å². The smallest absolute Gasteiger partial charge is 0.339 e. The van der Waals surface area contributed by atoms with Crippen LogP contribution in [-0.4, -0.2) is 44.6 Å². The first kappa shape index (κ1) is 20.0. The Morgan fingerprint density at radius 1 is 1.00 bits per heavy atom. The van der Waals surface area contributed by atoms with Gasteiger partial charge >= 0.3 is 5.97 Å². The lowest BCUT2D eigenvalue weighted by Crippen LogP contribution is -2.39. The minimum absolute atomic E-state index is 0.122. The second-order valence-corrected chi connectivity index (χ2v) is 5.63. The number of methoxy groups -OCH3 is 1. The average molecular weight is 370 g/mol. The summed E-state index contributed by atoms with van der Waals surface area (Å²) >= 11 is 0. The summed E-state index contributed by atoms with van der Waals surface area (Å²) in [7, 11) is 1.28. The molecule has 1 N–H and O–H groups in total. The van der Waals surface area contributed by atoms with Gasteiger partial charge in [0, 0.05) is 20.0 Å². The van der Waals surface area contributed by atoms with Crippen molar-refractivity contribution < 1.29 is 23.9 Å². The zero-order chi connectivity index (χ0) is 19.6. The number of nitrogens with zero attached hydrogens (tertiary/aromatic N) is 1. The summed E-state index contributed by atoms with van der Waals surface area (Å²) in [5.74, 6) is -0.480. The number of para-hydroxylation sites is 2. The number of hydrogen-bond donors (Lipinski definition) is 1. The lowest BCUT2D eigenvalue weighted by atomic mass is 10.1. The van der Waals surface area contributed by atoms with Crippen molar-refractivity contribution in [3.05, 3.63) is 60.2 Å². The molecule has 0 heterocycles. The molecule has 2 amide bonds. The van der Waals surface area contributed by atoms with E-state index in [0.717, 1.165) is 0 Å². The van der Waals surface area contributed by atoms with Gasteiger partial charge in [-0.3, -0.25) is 9.59 Å². The van der Waals surface area contributed by atoms with E-state index in [0.29, 0.717) is 11.4 Å². The molecule has 0 spiro atoms. The number of anilines is 1. The Kier molecular flexibility index (Phi) is 7.37. The number of rotatable bonds is 8. The molecule has 0 radical (unpaired) electrons. The molecule has 0 atom stereocenters. The number of amides is 2. The fourth-order valence-electron chi connectivity index (χ4n) is 2.46. The standard InChI is InChI=1S/C20H22N2O5/c1-15(23)22(18-11-7-6-10-17(18)20(25)26-2)13-12-21-19(24)14-27-16-8-4-3-5-9-16/h3-11H,12-14H2,1-2H3,(H,21,24). The van der Waals surface area contributed by atoms with Crippen LogP contribution in [0.4, 0.5) is 5.69 Å². The van der Waals surface area contributed by atoms with Gasteiger partial charge in [-0.1, -0.05) is 30.3 Å². The summed E-state index contributed by atoms with van der Waals surface area (Å²) in [5, 5.41) is 2.70. The highest BCUT2D eigenvalue weighted by Crippen LogP contribution is 2.21. The molecule has 2 aromatic rings. The van der Waals surface area contributed by atoms with Gasteiger partial charge in [0.25, 0.3) is 5.91 Å². The van der Waals surface area contributed by atoms with E-state index in [1.54, 1.807) is 36.4 Å². The van der Waals surface area contributed by atoms with Crippen molar-refractivity contribution in [2.45, 2.75) is 6.92 Å². The van der Waals surface area contributed by atoms with Crippen molar-refractivity contribution in [1.82, 2.24) is 5.32 Å². The molecular formula is C20H22N2O5. The first-order valence-corrected chi connectivity index (χ1v) is 8.43. The number of benzene rings is 2. The maximum atomic E-state index is 12.0. The van der Waals surface area contributed by atoms with Crippen LogP contribution in [0.1, 0.15) is 17.3 Å². The number of carbonyl (C=O) groups is 3. The lowest BCUT2D eigenvalue weighted by molar-refractivity contribution is -0.123. The topological polar surface area (TPSA) is 84.9 Å². The molecule has 0 aliphatic rings. The Labute approximate surface area is 157 Å². The minimum Gasteiger partial charge on any atom is -0.484 e. The maximum Gasteiger partial charge on any atom is 0.339 e. The van der Waals surface area contributed by atoms with Crippen LogP contribution in [0.5, 0.6) is 5.75 Å². The molecule has 0 fully saturated rings. The third-order valence-corrected chi connectivity index (χ3v) is 3.75. The SMILES string of the molecule is COC(=O)c1ccccc1N(CCNC(=O)COc1ccccc1)C(C)=O. The van der Waals surface area contributed by atoms with Gasteiger partial charge in [-0.05, 0) is 24.3 Å². The van der Waals surface area contributed by atoms with E-state index in [2.05, 4.69) is 5.32 Å². The normalized spacial score (nSPS) is 10.0. The first-order valence-electron chi connectivity index (χ1n) is 8.43. The second kappa shape index (κ2) is 9.96. The summed E-state index contributed by atoms with van der Waals surface area (Å²) in [5.41, 5.74) is 0.723. The van der Waals surface area contributed by atoms with Gasteiger partial charge in [0.15, 0.2) is 6.61 Å². The third-order valence-electron chi connectivity index (χ3n) is 3.75. The van der Waals surface area contributed by atoms with E-state index in [-0.39, 0.29) is 37.1 Å². The average Bonchev–Trinajstić information content (AvgIpc) is 2.69. The van der Waals surface area contributed by atoms with Crippen LogP contribution in [-0.2, 0) is 14.3 Å². The number of ether oxygens (including phenoxy) is 2. The molecule has 0 unspecified atom stereocenters. The maximum absolute atomic E-state index is 12.0. The van der Waals surface area contributed by atoms with Crippen LogP contribution in [0.2, 0.25) is 0 Å². The highest BCUT2D eigenvalue weighted by Gasteiger charge is 2.19. The van der Waals surface area contributed by atoms with Crippen LogP contribution < -0.4 is 15.0 Å². The van der Waals surface area contributed by atoms with Crippen molar-refractivity contribution in [2.24, 2.45) is 0 Å². The molecule has 2 rings (SSSR count). The van der Waals surface area contributed by atoms with Crippen molar-refractivity contribution >= 4 is 23.5 Å². The lowest BCUT2D eigenvalue weighted by Gasteiger charge is -2.23. The third kappa shape index (κ3) is 5.85. The summed E-state index contributed by atoms with van der Waals surface area (Å²) in [6.45, 7) is 1.70. The Bertz CT molecular complexity index is 792. The zero-order valence-electron chi connectivity index (χ0n) is 15.3. The van der Waals surface area contributed by atoms with Crippen LogP contribution in [0.25, 0.3) is 0 Å². The summed E-state index contributed by atoms with van der Waals surface area (Å²) in [4.78, 5) is 37.3. The van der Waals surface area contributed by atoms with E-state index in [1.807, 2.05) is 18.2 Å².